The second-order valence-corrected chi connectivity index (χ2v) is 2.05. The minimum atomic E-state index is -3.02. The first-order chi connectivity index (χ1) is 5.52. The van der Waals surface area contributed by atoms with Crippen molar-refractivity contribution in [2.45, 2.75) is 6.43 Å². The van der Waals surface area contributed by atoms with Gasteiger partial charge in [-0.15, -0.1) is 0 Å². The van der Waals surface area contributed by atoms with Crippen LogP contribution >= 0.6 is 0 Å². The zero-order valence-corrected chi connectivity index (χ0v) is 5.64. The molecule has 0 aromatic carbocycles. The van der Waals surface area contributed by atoms with Gasteiger partial charge in [0, 0.05) is 0 Å². The Morgan fingerprint density at radius 2 is 2.08 bits per heavy atom. The quantitative estimate of drug-likeness (QED) is 0.679. The molecular weight excluding hydrogens is 175 g/mol. The van der Waals surface area contributed by atoms with E-state index in [1.165, 1.54) is 4.98 Å². The number of aromatic nitrogens is 1. The fourth-order valence-electron chi connectivity index (χ4n) is 0.676. The van der Waals surface area contributed by atoms with Crippen LogP contribution in [0.5, 0.6) is 5.88 Å². The van der Waals surface area contributed by atoms with Crippen LogP contribution < -0.4 is 5.56 Å². The van der Waals surface area contributed by atoms with Gasteiger partial charge in [0.25, 0.3) is 12.0 Å². The van der Waals surface area contributed by atoms with E-state index in [9.17, 15) is 18.0 Å². The molecule has 0 aliphatic carbocycles. The maximum absolute atomic E-state index is 12.3. The van der Waals surface area contributed by atoms with Crippen LogP contribution in [0.2, 0.25) is 0 Å². The van der Waals surface area contributed by atoms with Gasteiger partial charge in [-0.3, -0.25) is 9.78 Å². The number of aromatic hydroxyl groups is 1. The first kappa shape index (κ1) is 8.63. The number of pyridine rings is 1. The minimum absolute atomic E-state index is 0.304. The molecule has 0 fully saturated rings. The monoisotopic (exact) mass is 179 g/mol. The summed E-state index contributed by atoms with van der Waals surface area (Å²) in [6, 6.07) is 0.304. The van der Waals surface area contributed by atoms with Gasteiger partial charge in [-0.25, -0.2) is 13.2 Å². The molecule has 0 radical (unpaired) electrons. The highest BCUT2D eigenvalue weighted by Crippen LogP contribution is 2.24. The molecule has 1 aromatic rings. The van der Waals surface area contributed by atoms with E-state index in [1.807, 2.05) is 0 Å². The topological polar surface area (TPSA) is 53.1 Å². The Hall–Kier alpha value is -1.46. The summed E-state index contributed by atoms with van der Waals surface area (Å²) in [4.78, 5) is 11.9. The Kier molecular flexibility index (Phi) is 2.07. The summed E-state index contributed by atoms with van der Waals surface area (Å²) in [7, 11) is 0. The number of alkyl halides is 2. The van der Waals surface area contributed by atoms with Crippen LogP contribution in [0, 0.1) is 5.82 Å². The van der Waals surface area contributed by atoms with Crippen LogP contribution in [0.3, 0.4) is 0 Å². The first-order valence-corrected chi connectivity index (χ1v) is 2.92. The van der Waals surface area contributed by atoms with Crippen molar-refractivity contribution in [2.75, 3.05) is 0 Å². The van der Waals surface area contributed by atoms with E-state index < -0.39 is 29.2 Å². The molecule has 0 unspecified atom stereocenters. The first-order valence-electron chi connectivity index (χ1n) is 2.92. The van der Waals surface area contributed by atoms with Gasteiger partial charge in [0.1, 0.15) is 0 Å². The highest BCUT2D eigenvalue weighted by Gasteiger charge is 2.15. The lowest BCUT2D eigenvalue weighted by Gasteiger charge is -2.01. The molecule has 0 atom stereocenters. The molecule has 0 aliphatic heterocycles. The third kappa shape index (κ3) is 1.41. The molecule has 1 aromatic heterocycles. The normalized spacial score (nSPS) is 10.7. The molecule has 6 heteroatoms. The second kappa shape index (κ2) is 2.88. The number of rotatable bonds is 1. The molecule has 0 bridgehead atoms. The van der Waals surface area contributed by atoms with Crippen molar-refractivity contribution in [3.05, 3.63) is 27.8 Å². The second-order valence-electron chi connectivity index (χ2n) is 2.05. The molecular formula is C6H4F3NO2. The average molecular weight is 179 g/mol. The van der Waals surface area contributed by atoms with Crippen molar-refractivity contribution in [2.24, 2.45) is 0 Å². The summed E-state index contributed by atoms with van der Waals surface area (Å²) in [5, 5.41) is 8.68. The summed E-state index contributed by atoms with van der Waals surface area (Å²) >= 11 is 0. The van der Waals surface area contributed by atoms with Crippen LogP contribution in [-0.4, -0.2) is 10.1 Å². The van der Waals surface area contributed by atoms with Crippen molar-refractivity contribution < 1.29 is 18.3 Å². The standard InChI is InChI=1S/C6H4F3NO2/c7-3-1-2(4(8)9)5(11)10-6(3)12/h1,4H,(H2,10,11,12). The lowest BCUT2D eigenvalue weighted by atomic mass is 10.3. The van der Waals surface area contributed by atoms with Gasteiger partial charge in [-0.1, -0.05) is 0 Å². The molecule has 0 saturated carbocycles. The lowest BCUT2D eigenvalue weighted by molar-refractivity contribution is 0.145. The van der Waals surface area contributed by atoms with E-state index in [2.05, 4.69) is 0 Å². The van der Waals surface area contributed by atoms with Gasteiger partial charge >= 0.3 is 0 Å². The Morgan fingerprint density at radius 3 is 2.58 bits per heavy atom. The third-order valence-electron chi connectivity index (χ3n) is 1.24. The van der Waals surface area contributed by atoms with Gasteiger partial charge in [0.2, 0.25) is 0 Å². The van der Waals surface area contributed by atoms with Crippen molar-refractivity contribution in [1.29, 1.82) is 0 Å². The molecule has 2 N–H and O–H groups in total. The molecule has 0 spiro atoms. The van der Waals surface area contributed by atoms with Crippen LogP contribution in [-0.2, 0) is 0 Å². The molecule has 1 heterocycles. The lowest BCUT2D eigenvalue weighted by Crippen LogP contribution is -2.11. The number of nitrogens with one attached hydrogen (secondary N) is 1. The molecule has 12 heavy (non-hydrogen) atoms. The predicted molar refractivity (Wildman–Crippen MR) is 33.6 cm³/mol. The molecule has 0 aliphatic rings. The largest absolute Gasteiger partial charge is 0.494 e. The van der Waals surface area contributed by atoms with Crippen molar-refractivity contribution in [3.8, 4) is 5.88 Å². The predicted octanol–water partition coefficient (Wildman–Crippen LogP) is 1.16. The van der Waals surface area contributed by atoms with Crippen molar-refractivity contribution >= 4 is 0 Å². The van der Waals surface area contributed by atoms with E-state index in [1.54, 1.807) is 0 Å². The minimum Gasteiger partial charge on any atom is -0.494 e. The SMILES string of the molecule is O=c1[nH]c(O)c(C(F)F)cc1F. The fraction of sp³-hybridized carbons (Fsp3) is 0.167. The molecule has 1 rings (SSSR count). The molecule has 66 valence electrons. The Balaban J connectivity index is 3.33. The number of hydrogen-bond acceptors (Lipinski definition) is 2. The Bertz CT molecular complexity index is 347. The van der Waals surface area contributed by atoms with E-state index in [-0.39, 0.29) is 0 Å². The summed E-state index contributed by atoms with van der Waals surface area (Å²) in [6.45, 7) is 0. The van der Waals surface area contributed by atoms with Gasteiger partial charge in [0.15, 0.2) is 11.7 Å². The van der Waals surface area contributed by atoms with Gasteiger partial charge in [-0.2, -0.15) is 0 Å². The summed E-state index contributed by atoms with van der Waals surface area (Å²) in [5.41, 5.74) is -2.15. The van der Waals surface area contributed by atoms with E-state index in [0.717, 1.165) is 0 Å². The Labute approximate surface area is 64.5 Å². The van der Waals surface area contributed by atoms with Crippen molar-refractivity contribution in [1.82, 2.24) is 4.98 Å². The van der Waals surface area contributed by atoms with Crippen molar-refractivity contribution in [3.63, 3.8) is 0 Å². The van der Waals surface area contributed by atoms with Gasteiger partial charge in [-0.05, 0) is 6.07 Å². The van der Waals surface area contributed by atoms with E-state index in [0.29, 0.717) is 6.07 Å². The number of H-pyrrole nitrogens is 1. The third-order valence-corrected chi connectivity index (χ3v) is 1.24. The summed E-state index contributed by atoms with van der Waals surface area (Å²) in [6.07, 6.45) is -3.02. The van der Waals surface area contributed by atoms with Crippen LogP contribution in [0.25, 0.3) is 0 Å². The van der Waals surface area contributed by atoms with Crippen LogP contribution in [0.4, 0.5) is 13.2 Å². The highest BCUT2D eigenvalue weighted by atomic mass is 19.3. The van der Waals surface area contributed by atoms with E-state index >= 15 is 0 Å². The maximum atomic E-state index is 12.3. The maximum Gasteiger partial charge on any atom is 0.286 e. The van der Waals surface area contributed by atoms with Crippen LogP contribution in [0.15, 0.2) is 10.9 Å². The summed E-state index contributed by atoms with van der Waals surface area (Å²) in [5.74, 6) is -2.35. The van der Waals surface area contributed by atoms with Gasteiger partial charge < -0.3 is 5.11 Å². The zero-order valence-electron chi connectivity index (χ0n) is 5.64. The summed E-state index contributed by atoms with van der Waals surface area (Å²) < 4.78 is 36.1. The molecule has 0 saturated heterocycles. The molecule has 3 nitrogen and oxygen atoms in total. The van der Waals surface area contributed by atoms with Crippen LogP contribution in [0.1, 0.15) is 12.0 Å². The number of aromatic amines is 1. The fourth-order valence-corrected chi connectivity index (χ4v) is 0.676. The number of halogens is 3. The number of hydrogen-bond donors (Lipinski definition) is 2. The molecule has 0 amide bonds. The van der Waals surface area contributed by atoms with Gasteiger partial charge in [0.05, 0.1) is 5.56 Å². The Morgan fingerprint density at radius 1 is 1.50 bits per heavy atom. The smallest absolute Gasteiger partial charge is 0.286 e. The zero-order chi connectivity index (χ0) is 9.30. The highest BCUT2D eigenvalue weighted by molar-refractivity contribution is 5.25. The average Bonchev–Trinajstić information content (AvgIpc) is 1.96. The van der Waals surface area contributed by atoms with E-state index in [4.69, 9.17) is 5.11 Å².